The molecular formula is C9H10ClNO2. The van der Waals surface area contributed by atoms with E-state index in [1.807, 2.05) is 0 Å². The van der Waals surface area contributed by atoms with Crippen LogP contribution in [0.3, 0.4) is 0 Å². The summed E-state index contributed by atoms with van der Waals surface area (Å²) in [5, 5.41) is 0. The number of halogens is 1. The van der Waals surface area contributed by atoms with Crippen molar-refractivity contribution in [3.8, 4) is 5.75 Å². The molecule has 0 spiro atoms. The molecule has 70 valence electrons. The molecule has 1 N–H and O–H groups in total. The van der Waals surface area contributed by atoms with Gasteiger partial charge in [0.25, 0.3) is 0 Å². The molecule has 0 saturated carbocycles. The van der Waals surface area contributed by atoms with Crippen molar-refractivity contribution >= 4 is 23.2 Å². The summed E-state index contributed by atoms with van der Waals surface area (Å²) in [6.07, 6.45) is 0. The number of hydrogen-bond acceptors (Lipinski definition) is 3. The Morgan fingerprint density at radius 1 is 1.54 bits per heavy atom. The van der Waals surface area contributed by atoms with E-state index in [0.717, 1.165) is 0 Å². The van der Waals surface area contributed by atoms with Gasteiger partial charge in [-0.15, -0.1) is 0 Å². The molecule has 0 amide bonds. The summed E-state index contributed by atoms with van der Waals surface area (Å²) in [5.74, 6) is 0.504. The van der Waals surface area contributed by atoms with Crippen molar-refractivity contribution in [2.75, 3.05) is 11.9 Å². The molecule has 0 fully saturated rings. The highest BCUT2D eigenvalue weighted by molar-refractivity contribution is 6.25. The van der Waals surface area contributed by atoms with Gasteiger partial charge in [-0.2, -0.15) is 0 Å². The number of ketones is 1. The lowest BCUT2D eigenvalue weighted by atomic mass is 10.1. The average Bonchev–Trinajstić information content (AvgIpc) is 2.16. The first-order valence-electron chi connectivity index (χ1n) is 3.75. The molecule has 1 aromatic rings. The SMILES string of the molecule is COc1cccc(C(C)=O)c1NCl. The number of hydrogen-bond donors (Lipinski definition) is 1. The number of methoxy groups -OCH3 is 1. The Morgan fingerprint density at radius 2 is 2.23 bits per heavy atom. The molecule has 0 unspecified atom stereocenters. The number of carbonyl (C=O) groups excluding carboxylic acids is 1. The second kappa shape index (κ2) is 4.14. The first kappa shape index (κ1) is 9.86. The van der Waals surface area contributed by atoms with E-state index in [0.29, 0.717) is 17.0 Å². The van der Waals surface area contributed by atoms with Crippen LogP contribution in [0.5, 0.6) is 5.75 Å². The van der Waals surface area contributed by atoms with E-state index < -0.39 is 0 Å². The van der Waals surface area contributed by atoms with Crippen molar-refractivity contribution in [1.82, 2.24) is 0 Å². The molecule has 13 heavy (non-hydrogen) atoms. The van der Waals surface area contributed by atoms with Crippen LogP contribution in [0.1, 0.15) is 17.3 Å². The Balaban J connectivity index is 3.27. The molecule has 0 radical (unpaired) electrons. The van der Waals surface area contributed by atoms with Crippen molar-refractivity contribution in [3.63, 3.8) is 0 Å². The molecule has 0 heterocycles. The summed E-state index contributed by atoms with van der Waals surface area (Å²) < 4.78 is 5.03. The van der Waals surface area contributed by atoms with Crippen LogP contribution in [0.15, 0.2) is 18.2 Å². The van der Waals surface area contributed by atoms with Gasteiger partial charge in [-0.1, -0.05) is 6.07 Å². The normalized spacial score (nSPS) is 9.46. The van der Waals surface area contributed by atoms with Gasteiger partial charge in [0.05, 0.1) is 7.11 Å². The van der Waals surface area contributed by atoms with Crippen molar-refractivity contribution in [2.45, 2.75) is 6.92 Å². The zero-order chi connectivity index (χ0) is 9.84. The lowest BCUT2D eigenvalue weighted by Gasteiger charge is -2.09. The summed E-state index contributed by atoms with van der Waals surface area (Å²) in [5.41, 5.74) is 1.04. The second-order valence-electron chi connectivity index (χ2n) is 2.53. The lowest BCUT2D eigenvalue weighted by molar-refractivity contribution is 0.101. The molecule has 0 bridgehead atoms. The highest BCUT2D eigenvalue weighted by Gasteiger charge is 2.10. The van der Waals surface area contributed by atoms with Gasteiger partial charge in [0, 0.05) is 17.3 Å². The molecule has 0 aromatic heterocycles. The van der Waals surface area contributed by atoms with Gasteiger partial charge in [0.2, 0.25) is 0 Å². The van der Waals surface area contributed by atoms with E-state index in [1.165, 1.54) is 14.0 Å². The first-order valence-corrected chi connectivity index (χ1v) is 4.13. The fourth-order valence-electron chi connectivity index (χ4n) is 1.09. The minimum atomic E-state index is -0.0537. The van der Waals surface area contributed by atoms with Crippen LogP contribution >= 0.6 is 11.8 Å². The predicted octanol–water partition coefficient (Wildman–Crippen LogP) is 2.46. The number of nitrogens with one attached hydrogen (secondary N) is 1. The van der Waals surface area contributed by atoms with Crippen LogP contribution in [0.4, 0.5) is 5.69 Å². The van der Waals surface area contributed by atoms with E-state index >= 15 is 0 Å². The topological polar surface area (TPSA) is 38.3 Å². The van der Waals surface area contributed by atoms with Gasteiger partial charge in [-0.05, 0) is 19.1 Å². The predicted molar refractivity (Wildman–Crippen MR) is 52.5 cm³/mol. The van der Waals surface area contributed by atoms with Crippen LogP contribution < -0.4 is 9.57 Å². The zero-order valence-corrected chi connectivity index (χ0v) is 8.18. The second-order valence-corrected chi connectivity index (χ2v) is 2.72. The number of rotatable bonds is 3. The minimum Gasteiger partial charge on any atom is -0.495 e. The Kier molecular flexibility index (Phi) is 3.14. The smallest absolute Gasteiger partial charge is 0.162 e. The van der Waals surface area contributed by atoms with Gasteiger partial charge in [-0.3, -0.25) is 9.63 Å². The van der Waals surface area contributed by atoms with Crippen LogP contribution in [-0.4, -0.2) is 12.9 Å². The molecule has 3 nitrogen and oxygen atoms in total. The third-order valence-corrected chi connectivity index (χ3v) is 1.91. The molecule has 4 heteroatoms. The monoisotopic (exact) mass is 199 g/mol. The molecule has 0 atom stereocenters. The molecule has 0 aliphatic heterocycles. The summed E-state index contributed by atoms with van der Waals surface area (Å²) in [6, 6.07) is 5.17. The van der Waals surface area contributed by atoms with Gasteiger partial charge in [0.15, 0.2) is 5.78 Å². The first-order chi connectivity index (χ1) is 6.20. The summed E-state index contributed by atoms with van der Waals surface area (Å²) in [7, 11) is 1.52. The van der Waals surface area contributed by atoms with Crippen LogP contribution in [0, 0.1) is 0 Å². The Bertz CT molecular complexity index is 325. The number of para-hydroxylation sites is 1. The lowest BCUT2D eigenvalue weighted by Crippen LogP contribution is -1.99. The largest absolute Gasteiger partial charge is 0.495 e. The standard InChI is InChI=1S/C9H10ClNO2/c1-6(12)7-4-3-5-8(13-2)9(7)11-10/h3-5,11H,1-2H3. The fraction of sp³-hybridized carbons (Fsp3) is 0.222. The summed E-state index contributed by atoms with van der Waals surface area (Å²) >= 11 is 5.48. The number of benzene rings is 1. The zero-order valence-electron chi connectivity index (χ0n) is 7.43. The number of carbonyl (C=O) groups is 1. The van der Waals surface area contributed by atoms with Crippen molar-refractivity contribution in [3.05, 3.63) is 23.8 Å². The Labute approximate surface area is 81.8 Å². The molecule has 0 aliphatic rings. The molecule has 0 aliphatic carbocycles. The molecular weight excluding hydrogens is 190 g/mol. The summed E-state index contributed by atoms with van der Waals surface area (Å²) in [4.78, 5) is 13.6. The third kappa shape index (κ3) is 1.92. The molecule has 1 aromatic carbocycles. The number of Topliss-reactive ketones (excluding diaryl/α,β-unsaturated/α-hetero) is 1. The Hall–Kier alpha value is -1.22. The Morgan fingerprint density at radius 3 is 2.69 bits per heavy atom. The van der Waals surface area contributed by atoms with Crippen LogP contribution in [-0.2, 0) is 0 Å². The van der Waals surface area contributed by atoms with Crippen LogP contribution in [0.2, 0.25) is 0 Å². The fourth-order valence-corrected chi connectivity index (χ4v) is 1.29. The number of anilines is 1. The van der Waals surface area contributed by atoms with Gasteiger partial charge in [-0.25, -0.2) is 0 Å². The maximum atomic E-state index is 11.1. The van der Waals surface area contributed by atoms with Crippen molar-refractivity contribution in [2.24, 2.45) is 0 Å². The highest BCUT2D eigenvalue weighted by Crippen LogP contribution is 2.28. The van der Waals surface area contributed by atoms with E-state index in [2.05, 4.69) is 4.84 Å². The van der Waals surface area contributed by atoms with E-state index in [-0.39, 0.29) is 5.78 Å². The van der Waals surface area contributed by atoms with E-state index in [1.54, 1.807) is 18.2 Å². The van der Waals surface area contributed by atoms with E-state index in [4.69, 9.17) is 16.5 Å². The third-order valence-electron chi connectivity index (χ3n) is 1.72. The maximum Gasteiger partial charge on any atom is 0.162 e. The van der Waals surface area contributed by atoms with E-state index in [9.17, 15) is 4.79 Å². The van der Waals surface area contributed by atoms with Gasteiger partial charge >= 0.3 is 0 Å². The van der Waals surface area contributed by atoms with Crippen molar-refractivity contribution in [1.29, 1.82) is 0 Å². The highest BCUT2D eigenvalue weighted by atomic mass is 35.5. The molecule has 0 saturated heterocycles. The molecule has 1 rings (SSSR count). The van der Waals surface area contributed by atoms with Gasteiger partial charge in [0.1, 0.15) is 11.4 Å². The average molecular weight is 200 g/mol. The quantitative estimate of drug-likeness (QED) is 0.600. The van der Waals surface area contributed by atoms with Crippen molar-refractivity contribution < 1.29 is 9.53 Å². The summed E-state index contributed by atoms with van der Waals surface area (Å²) in [6.45, 7) is 1.48. The maximum absolute atomic E-state index is 11.1. The van der Waals surface area contributed by atoms with Gasteiger partial charge < -0.3 is 4.74 Å². The van der Waals surface area contributed by atoms with Crippen LogP contribution in [0.25, 0.3) is 0 Å². The minimum absolute atomic E-state index is 0.0537. The number of ether oxygens (including phenoxy) is 1.